The Morgan fingerprint density at radius 1 is 1.02 bits per heavy atom. The zero-order valence-electron chi connectivity index (χ0n) is 28.0. The number of pyridine rings is 2. The summed E-state index contributed by atoms with van der Waals surface area (Å²) < 4.78 is 10.2. The van der Waals surface area contributed by atoms with E-state index in [1.54, 1.807) is 12.0 Å². The van der Waals surface area contributed by atoms with E-state index in [4.69, 9.17) is 25.4 Å². The van der Waals surface area contributed by atoms with E-state index in [1.807, 2.05) is 49.2 Å². The molecule has 5 aromatic rings. The van der Waals surface area contributed by atoms with Gasteiger partial charge in [-0.2, -0.15) is 0 Å². The summed E-state index contributed by atoms with van der Waals surface area (Å²) in [5, 5.41) is 11.0. The number of nitrogens with zero attached hydrogens (tertiary/aromatic N) is 7. The molecule has 3 unspecified atom stereocenters. The summed E-state index contributed by atoms with van der Waals surface area (Å²) in [5.74, 6) is 2.03. The highest BCUT2D eigenvalue weighted by Gasteiger charge is 2.47. The van der Waals surface area contributed by atoms with E-state index in [0.717, 1.165) is 53.1 Å². The van der Waals surface area contributed by atoms with Crippen molar-refractivity contribution >= 4 is 39.6 Å². The number of anilines is 1. The van der Waals surface area contributed by atoms with Crippen LogP contribution in [0.3, 0.4) is 0 Å². The van der Waals surface area contributed by atoms with Crippen molar-refractivity contribution in [3.63, 3.8) is 0 Å². The molecule has 2 saturated heterocycles. The van der Waals surface area contributed by atoms with Crippen LogP contribution in [0, 0.1) is 18.8 Å². The first kappa shape index (κ1) is 30.3. The van der Waals surface area contributed by atoms with Crippen molar-refractivity contribution in [3.05, 3.63) is 53.7 Å². The molecule has 2 saturated carbocycles. The molecule has 4 fully saturated rings. The van der Waals surface area contributed by atoms with Crippen molar-refractivity contribution in [2.24, 2.45) is 24.6 Å². The number of benzene rings is 1. The minimum Gasteiger partial charge on any atom is -0.494 e. The van der Waals surface area contributed by atoms with Gasteiger partial charge in [-0.05, 0) is 86.9 Å². The number of carbonyl (C=O) groups is 2. The van der Waals surface area contributed by atoms with Gasteiger partial charge in [0.15, 0.2) is 5.82 Å². The number of amides is 2. The molecule has 252 valence electrons. The van der Waals surface area contributed by atoms with Crippen molar-refractivity contribution in [2.45, 2.75) is 63.8 Å². The summed E-state index contributed by atoms with van der Waals surface area (Å²) >= 11 is 0. The van der Waals surface area contributed by atoms with Gasteiger partial charge in [-0.15, -0.1) is 0 Å². The largest absolute Gasteiger partial charge is 0.494 e. The fourth-order valence-electron chi connectivity index (χ4n) is 8.35. The van der Waals surface area contributed by atoms with Crippen LogP contribution in [0.25, 0.3) is 45.0 Å². The second-order valence-electron chi connectivity index (χ2n) is 14.3. The second kappa shape index (κ2) is 11.1. The Labute approximate surface area is 283 Å². The predicted molar refractivity (Wildman–Crippen MR) is 185 cm³/mol. The Balaban J connectivity index is 1.11. The van der Waals surface area contributed by atoms with E-state index in [1.165, 1.54) is 12.8 Å². The highest BCUT2D eigenvalue weighted by Crippen LogP contribution is 2.40. The second-order valence-corrected chi connectivity index (χ2v) is 14.3. The first-order chi connectivity index (χ1) is 23.7. The van der Waals surface area contributed by atoms with Gasteiger partial charge in [0, 0.05) is 56.1 Å². The lowest BCUT2D eigenvalue weighted by Gasteiger charge is -2.27. The van der Waals surface area contributed by atoms with Crippen LogP contribution in [0.5, 0.6) is 5.75 Å². The zero-order chi connectivity index (χ0) is 33.7. The van der Waals surface area contributed by atoms with Gasteiger partial charge in [-0.1, -0.05) is 0 Å². The molecule has 6 heterocycles. The Bertz CT molecular complexity index is 2180. The third-order valence-electron chi connectivity index (χ3n) is 11.2. The molecule has 9 rings (SSSR count). The van der Waals surface area contributed by atoms with Crippen LogP contribution in [0.4, 0.5) is 5.69 Å². The normalized spacial score (nSPS) is 23.5. The molecule has 2 amide bonds. The molecule has 0 radical (unpaired) electrons. The molecule has 2 bridgehead atoms. The van der Waals surface area contributed by atoms with Crippen LogP contribution in [-0.2, 0) is 18.4 Å². The Morgan fingerprint density at radius 3 is 2.49 bits per heavy atom. The lowest BCUT2D eigenvalue weighted by Crippen LogP contribution is -2.41. The number of aromatic nitrogens is 5. The number of imidazole rings is 1. The van der Waals surface area contributed by atoms with E-state index < -0.39 is 6.10 Å². The molecule has 12 nitrogen and oxygen atoms in total. The topological polar surface area (TPSA) is 145 Å². The summed E-state index contributed by atoms with van der Waals surface area (Å²) in [6, 6.07) is 13.8. The molecule has 12 heteroatoms. The number of aliphatic hydroxyl groups excluding tert-OH is 1. The maximum Gasteiger partial charge on any atom is 0.255 e. The zero-order valence-corrected chi connectivity index (χ0v) is 28.0. The van der Waals surface area contributed by atoms with Crippen LogP contribution < -0.4 is 15.4 Å². The van der Waals surface area contributed by atoms with Crippen molar-refractivity contribution in [1.29, 1.82) is 0 Å². The third kappa shape index (κ3) is 4.75. The van der Waals surface area contributed by atoms with Crippen LogP contribution in [0.1, 0.15) is 48.2 Å². The average molecular weight is 661 g/mol. The molecular weight excluding hydrogens is 620 g/mol. The average Bonchev–Trinajstić information content (AvgIpc) is 3.27. The van der Waals surface area contributed by atoms with Gasteiger partial charge >= 0.3 is 0 Å². The van der Waals surface area contributed by atoms with Crippen molar-refractivity contribution in [2.75, 3.05) is 25.1 Å². The minimum absolute atomic E-state index is 0.0175. The maximum absolute atomic E-state index is 13.8. The number of aryl methyl sites for hydroxylation is 2. The number of fused-ring (bicyclic) bond motifs is 4. The standard InChI is InChI=1S/C37H40N8O4/c1-19-27(43-13-12-30(46)37(43)48)11-9-24(39-19)25-8-6-21-15-29(44(34(21)40-25)17-20-4-5-20)35-41-26-14-23(16-31(49-3)33(26)42(35)2)36(47)45-18-22-7-10-28(45)32(22)38/h6,8-9,11,14-16,20,22,28,30,32,46H,4-5,7,10,12-13,17-18,38H2,1-3H3/t22?,28?,30?,32-/m1/s1. The number of ether oxygens (including phenoxy) is 1. The van der Waals surface area contributed by atoms with Gasteiger partial charge in [0.05, 0.1) is 41.1 Å². The van der Waals surface area contributed by atoms with E-state index in [-0.39, 0.29) is 23.9 Å². The fourth-order valence-corrected chi connectivity index (χ4v) is 8.35. The lowest BCUT2D eigenvalue weighted by atomic mass is 10.1. The summed E-state index contributed by atoms with van der Waals surface area (Å²) in [5.41, 5.74) is 13.2. The summed E-state index contributed by atoms with van der Waals surface area (Å²) in [6.07, 6.45) is 3.86. The highest BCUT2D eigenvalue weighted by molar-refractivity contribution is 6.01. The Morgan fingerprint density at radius 2 is 1.82 bits per heavy atom. The molecule has 2 aliphatic carbocycles. The number of rotatable bonds is 7. The van der Waals surface area contributed by atoms with E-state index in [0.29, 0.717) is 65.3 Å². The van der Waals surface area contributed by atoms with Gasteiger partial charge in [-0.25, -0.2) is 15.0 Å². The van der Waals surface area contributed by atoms with Crippen LogP contribution in [0.15, 0.2) is 42.5 Å². The van der Waals surface area contributed by atoms with Crippen molar-refractivity contribution in [1.82, 2.24) is 29.0 Å². The van der Waals surface area contributed by atoms with Gasteiger partial charge < -0.3 is 34.5 Å². The number of methoxy groups -OCH3 is 1. The van der Waals surface area contributed by atoms with Gasteiger partial charge in [-0.3, -0.25) is 9.59 Å². The third-order valence-corrected chi connectivity index (χ3v) is 11.2. The monoisotopic (exact) mass is 660 g/mol. The number of piperidine rings is 1. The number of likely N-dealkylation sites (tertiary alicyclic amines) is 1. The van der Waals surface area contributed by atoms with Crippen molar-refractivity contribution in [3.8, 4) is 28.7 Å². The molecule has 4 aromatic heterocycles. The number of carbonyl (C=O) groups excluding carboxylic acids is 2. The summed E-state index contributed by atoms with van der Waals surface area (Å²) in [6.45, 7) is 3.88. The van der Waals surface area contributed by atoms with E-state index in [9.17, 15) is 14.7 Å². The maximum atomic E-state index is 13.8. The Hall–Kier alpha value is -4.81. The molecule has 0 spiro atoms. The van der Waals surface area contributed by atoms with E-state index >= 15 is 0 Å². The SMILES string of the molecule is COc1cc(C(=O)N2CC3CCC2[C@@H]3N)cc2nc(-c3cc4ccc(-c5ccc(N6CCC(O)C6=O)c(C)n5)nc4n3CC3CC3)n(C)c12. The van der Waals surface area contributed by atoms with Gasteiger partial charge in [0.25, 0.3) is 11.8 Å². The lowest BCUT2D eigenvalue weighted by molar-refractivity contribution is -0.124. The summed E-state index contributed by atoms with van der Waals surface area (Å²) in [7, 11) is 3.62. The molecule has 49 heavy (non-hydrogen) atoms. The summed E-state index contributed by atoms with van der Waals surface area (Å²) in [4.78, 5) is 44.9. The van der Waals surface area contributed by atoms with Crippen LogP contribution in [0.2, 0.25) is 0 Å². The molecule has 2 aliphatic heterocycles. The fraction of sp³-hybridized carbons (Fsp3) is 0.432. The number of hydrogen-bond donors (Lipinski definition) is 2. The predicted octanol–water partition coefficient (Wildman–Crippen LogP) is 4.04. The molecule has 4 aliphatic rings. The molecule has 3 N–H and O–H groups in total. The minimum atomic E-state index is -0.956. The Kier molecular flexibility index (Phi) is 6.86. The smallest absolute Gasteiger partial charge is 0.255 e. The number of nitrogens with two attached hydrogens (primary N) is 1. The van der Waals surface area contributed by atoms with Crippen LogP contribution in [-0.4, -0.2) is 84.3 Å². The molecule has 1 aromatic carbocycles. The highest BCUT2D eigenvalue weighted by atomic mass is 16.5. The quantitative estimate of drug-likeness (QED) is 0.266. The van der Waals surface area contributed by atoms with Crippen molar-refractivity contribution < 1.29 is 19.4 Å². The van der Waals surface area contributed by atoms with Gasteiger partial charge in [0.1, 0.15) is 23.0 Å². The first-order valence-electron chi connectivity index (χ1n) is 17.3. The van der Waals surface area contributed by atoms with Crippen LogP contribution >= 0.6 is 0 Å². The number of aliphatic hydroxyl groups is 1. The van der Waals surface area contributed by atoms with E-state index in [2.05, 4.69) is 21.3 Å². The molecular formula is C37H40N8O4. The number of hydrogen-bond acceptors (Lipinski definition) is 8. The van der Waals surface area contributed by atoms with Gasteiger partial charge in [0.2, 0.25) is 0 Å². The molecule has 4 atom stereocenters. The first-order valence-corrected chi connectivity index (χ1v) is 17.3.